The van der Waals surface area contributed by atoms with Crippen LogP contribution in [0.15, 0.2) is 46.9 Å². The van der Waals surface area contributed by atoms with Crippen LogP contribution in [0.1, 0.15) is 21.7 Å². The van der Waals surface area contributed by atoms with Gasteiger partial charge in [0.2, 0.25) is 0 Å². The van der Waals surface area contributed by atoms with Gasteiger partial charge in [0.1, 0.15) is 11.3 Å². The van der Waals surface area contributed by atoms with Crippen molar-refractivity contribution in [1.29, 1.82) is 0 Å². The average molecular weight is 281 g/mol. The molecule has 3 rings (SSSR count). The van der Waals surface area contributed by atoms with Crippen molar-refractivity contribution < 1.29 is 14.3 Å². The number of rotatable bonds is 2. The maximum absolute atomic E-state index is 12.2. The number of carbonyl (C=O) groups excluding carboxylic acids is 1. The Morgan fingerprint density at radius 3 is 2.57 bits per heavy atom. The number of fused-ring (bicyclic) bond motifs is 1. The maximum Gasteiger partial charge on any atom is 0.291 e. The summed E-state index contributed by atoms with van der Waals surface area (Å²) < 4.78 is 5.50. The van der Waals surface area contributed by atoms with E-state index in [0.717, 1.165) is 16.5 Å². The zero-order valence-corrected chi connectivity index (χ0v) is 11.8. The number of hydrogen-bond acceptors (Lipinski definition) is 3. The summed E-state index contributed by atoms with van der Waals surface area (Å²) in [7, 11) is 0. The molecule has 0 radical (unpaired) electrons. The Morgan fingerprint density at radius 1 is 1.10 bits per heavy atom. The van der Waals surface area contributed by atoms with Gasteiger partial charge in [0.25, 0.3) is 5.91 Å². The Balaban J connectivity index is 1.91. The lowest BCUT2D eigenvalue weighted by Crippen LogP contribution is -2.11. The third-order valence-electron chi connectivity index (χ3n) is 3.51. The van der Waals surface area contributed by atoms with E-state index in [-0.39, 0.29) is 17.4 Å². The first-order valence-corrected chi connectivity index (χ1v) is 6.65. The molecule has 0 aliphatic heterocycles. The molecule has 2 N–H and O–H groups in total. The number of amides is 1. The van der Waals surface area contributed by atoms with Crippen molar-refractivity contribution in [3.05, 3.63) is 59.4 Å². The van der Waals surface area contributed by atoms with Crippen LogP contribution in [0.25, 0.3) is 11.0 Å². The van der Waals surface area contributed by atoms with E-state index in [1.54, 1.807) is 24.3 Å². The topological polar surface area (TPSA) is 62.5 Å². The van der Waals surface area contributed by atoms with Gasteiger partial charge in [-0.1, -0.05) is 18.2 Å². The maximum atomic E-state index is 12.2. The van der Waals surface area contributed by atoms with Gasteiger partial charge in [0.15, 0.2) is 5.76 Å². The van der Waals surface area contributed by atoms with Crippen molar-refractivity contribution in [2.24, 2.45) is 0 Å². The molecule has 2 aromatic carbocycles. The van der Waals surface area contributed by atoms with Crippen molar-refractivity contribution in [1.82, 2.24) is 0 Å². The summed E-state index contributed by atoms with van der Waals surface area (Å²) in [6.07, 6.45) is 0. The summed E-state index contributed by atoms with van der Waals surface area (Å²) in [6.45, 7) is 3.82. The van der Waals surface area contributed by atoms with Crippen LogP contribution in [-0.4, -0.2) is 11.0 Å². The van der Waals surface area contributed by atoms with Crippen LogP contribution < -0.4 is 5.32 Å². The molecule has 1 heterocycles. The number of aryl methyl sites for hydroxylation is 2. The molecule has 4 nitrogen and oxygen atoms in total. The number of aromatic hydroxyl groups is 1. The van der Waals surface area contributed by atoms with Gasteiger partial charge in [0.05, 0.1) is 5.69 Å². The highest BCUT2D eigenvalue weighted by Gasteiger charge is 2.14. The second-order valence-corrected chi connectivity index (χ2v) is 5.06. The Kier molecular flexibility index (Phi) is 3.14. The van der Waals surface area contributed by atoms with Crippen LogP contribution in [0.2, 0.25) is 0 Å². The van der Waals surface area contributed by atoms with Crippen molar-refractivity contribution in [2.45, 2.75) is 13.8 Å². The van der Waals surface area contributed by atoms with E-state index in [1.165, 1.54) is 0 Å². The monoisotopic (exact) mass is 281 g/mol. The lowest BCUT2D eigenvalue weighted by molar-refractivity contribution is 0.0998. The number of nitrogens with one attached hydrogen (secondary N) is 1. The van der Waals surface area contributed by atoms with Crippen LogP contribution >= 0.6 is 0 Å². The minimum Gasteiger partial charge on any atom is -0.506 e. The average Bonchev–Trinajstić information content (AvgIpc) is 2.88. The highest BCUT2D eigenvalue weighted by atomic mass is 16.3. The number of furan rings is 1. The van der Waals surface area contributed by atoms with Gasteiger partial charge in [-0.05, 0) is 49.2 Å². The lowest BCUT2D eigenvalue weighted by Gasteiger charge is -2.09. The molecule has 0 aliphatic rings. The number of hydrogen-bond donors (Lipinski definition) is 2. The number of carbonyl (C=O) groups is 1. The normalized spacial score (nSPS) is 10.8. The zero-order chi connectivity index (χ0) is 15.0. The molecule has 21 heavy (non-hydrogen) atoms. The highest BCUT2D eigenvalue weighted by Crippen LogP contribution is 2.28. The molecule has 1 aromatic heterocycles. The number of anilines is 1. The predicted molar refractivity (Wildman–Crippen MR) is 81.7 cm³/mol. The van der Waals surface area contributed by atoms with E-state index < -0.39 is 0 Å². The fraction of sp³-hybridized carbons (Fsp3) is 0.118. The quantitative estimate of drug-likeness (QED) is 0.698. The second-order valence-electron chi connectivity index (χ2n) is 5.06. The van der Waals surface area contributed by atoms with Crippen LogP contribution in [0, 0.1) is 13.8 Å². The van der Waals surface area contributed by atoms with E-state index in [4.69, 9.17) is 4.42 Å². The number of phenolic OH excluding ortho intramolecular Hbond substituents is 1. The van der Waals surface area contributed by atoms with Crippen LogP contribution in [0.3, 0.4) is 0 Å². The van der Waals surface area contributed by atoms with E-state index in [0.29, 0.717) is 11.3 Å². The first-order chi connectivity index (χ1) is 10.0. The number of para-hydroxylation sites is 1. The summed E-state index contributed by atoms with van der Waals surface area (Å²) >= 11 is 0. The lowest BCUT2D eigenvalue weighted by atomic mass is 10.1. The van der Waals surface area contributed by atoms with Gasteiger partial charge < -0.3 is 14.8 Å². The van der Waals surface area contributed by atoms with E-state index >= 15 is 0 Å². The summed E-state index contributed by atoms with van der Waals surface area (Å²) in [5, 5.41) is 13.4. The minimum absolute atomic E-state index is 0.0440. The van der Waals surface area contributed by atoms with Gasteiger partial charge in [0, 0.05) is 5.39 Å². The Hall–Kier alpha value is -2.75. The van der Waals surface area contributed by atoms with E-state index in [1.807, 2.05) is 32.0 Å². The van der Waals surface area contributed by atoms with E-state index in [2.05, 4.69) is 5.32 Å². The zero-order valence-electron chi connectivity index (χ0n) is 11.8. The molecular weight excluding hydrogens is 266 g/mol. The molecule has 0 atom stereocenters. The fourth-order valence-electron chi connectivity index (χ4n) is 2.18. The Morgan fingerprint density at radius 2 is 1.81 bits per heavy atom. The second kappa shape index (κ2) is 4.98. The molecule has 4 heteroatoms. The molecule has 0 spiro atoms. The molecule has 0 saturated heterocycles. The highest BCUT2D eigenvalue weighted by molar-refractivity contribution is 6.05. The predicted octanol–water partition coefficient (Wildman–Crippen LogP) is 4.01. The van der Waals surface area contributed by atoms with Crippen molar-refractivity contribution in [3.63, 3.8) is 0 Å². The minimum atomic E-state index is -0.384. The number of phenols is 1. The van der Waals surface area contributed by atoms with Gasteiger partial charge in [-0.3, -0.25) is 4.79 Å². The third-order valence-corrected chi connectivity index (χ3v) is 3.51. The Labute approximate surface area is 122 Å². The summed E-state index contributed by atoms with van der Waals surface area (Å²) in [6, 6.07) is 12.5. The van der Waals surface area contributed by atoms with E-state index in [9.17, 15) is 9.90 Å². The molecule has 0 fully saturated rings. The molecule has 0 saturated carbocycles. The molecule has 1 amide bonds. The van der Waals surface area contributed by atoms with Crippen LogP contribution in [0.5, 0.6) is 5.75 Å². The van der Waals surface area contributed by atoms with Crippen molar-refractivity contribution >= 4 is 22.6 Å². The third kappa shape index (κ3) is 2.48. The SMILES string of the molecule is Cc1cc(O)c(NC(=O)c2cc3ccccc3o2)cc1C. The molecule has 106 valence electrons. The van der Waals surface area contributed by atoms with Crippen molar-refractivity contribution in [2.75, 3.05) is 5.32 Å². The first-order valence-electron chi connectivity index (χ1n) is 6.65. The molecule has 0 bridgehead atoms. The number of benzene rings is 2. The summed E-state index contributed by atoms with van der Waals surface area (Å²) in [5.74, 6) is -0.124. The first kappa shape index (κ1) is 13.2. The standard InChI is InChI=1S/C17H15NO3/c1-10-7-13(14(19)8-11(10)2)18-17(20)16-9-12-5-3-4-6-15(12)21-16/h3-9,19H,1-2H3,(H,18,20). The smallest absolute Gasteiger partial charge is 0.291 e. The molecule has 3 aromatic rings. The molecule has 0 unspecified atom stereocenters. The van der Waals surface area contributed by atoms with Crippen molar-refractivity contribution in [3.8, 4) is 5.75 Å². The van der Waals surface area contributed by atoms with Crippen LogP contribution in [-0.2, 0) is 0 Å². The molecule has 0 aliphatic carbocycles. The van der Waals surface area contributed by atoms with Crippen LogP contribution in [0.4, 0.5) is 5.69 Å². The van der Waals surface area contributed by atoms with Gasteiger partial charge >= 0.3 is 0 Å². The van der Waals surface area contributed by atoms with Gasteiger partial charge in [-0.2, -0.15) is 0 Å². The fourth-order valence-corrected chi connectivity index (χ4v) is 2.18. The summed E-state index contributed by atoms with van der Waals surface area (Å²) in [5.41, 5.74) is 3.00. The molecular formula is C17H15NO3. The van der Waals surface area contributed by atoms with Gasteiger partial charge in [-0.25, -0.2) is 0 Å². The Bertz CT molecular complexity index is 800. The largest absolute Gasteiger partial charge is 0.506 e. The van der Waals surface area contributed by atoms with Gasteiger partial charge in [-0.15, -0.1) is 0 Å². The summed E-state index contributed by atoms with van der Waals surface area (Å²) in [4.78, 5) is 12.2.